The number of benzene rings is 2. The van der Waals surface area contributed by atoms with Crippen molar-refractivity contribution in [2.45, 2.75) is 47.9 Å². The molecule has 174 valence electrons. The number of halogens is 7. The summed E-state index contributed by atoms with van der Waals surface area (Å²) in [4.78, 5) is 14.4. The van der Waals surface area contributed by atoms with E-state index in [1.807, 2.05) is 0 Å². The van der Waals surface area contributed by atoms with Gasteiger partial charge in [-0.25, -0.2) is 0 Å². The Morgan fingerprint density at radius 1 is 1.09 bits per heavy atom. The van der Waals surface area contributed by atoms with Gasteiger partial charge < -0.3 is 10.0 Å². The molecule has 0 radical (unpaired) electrons. The van der Waals surface area contributed by atoms with E-state index in [-0.39, 0.29) is 34.7 Å². The third-order valence-corrected chi connectivity index (χ3v) is 6.84. The number of alkyl halides is 6. The largest absolute Gasteiger partial charge is 0.430 e. The lowest BCUT2D eigenvalue weighted by Crippen LogP contribution is -2.54. The molecule has 0 fully saturated rings. The normalized spacial score (nSPS) is 17.3. The van der Waals surface area contributed by atoms with Crippen molar-refractivity contribution < 1.29 is 36.2 Å². The fourth-order valence-electron chi connectivity index (χ4n) is 3.38. The molecule has 0 saturated carbocycles. The first-order valence-corrected chi connectivity index (χ1v) is 10.8. The van der Waals surface area contributed by atoms with E-state index in [1.165, 1.54) is 4.90 Å². The summed E-state index contributed by atoms with van der Waals surface area (Å²) in [5, 5.41) is 9.97. The molecule has 1 aliphatic heterocycles. The van der Waals surface area contributed by atoms with E-state index in [4.69, 9.17) is 11.6 Å². The molecule has 11 heteroatoms. The number of anilines is 1. The molecule has 1 atom stereocenters. The van der Waals surface area contributed by atoms with Gasteiger partial charge in [0.25, 0.3) is 5.60 Å². The highest BCUT2D eigenvalue weighted by Crippen LogP contribution is 2.52. The number of nitrogens with zero attached hydrogens (tertiary/aromatic N) is 1. The molecule has 0 aromatic heterocycles. The molecule has 2 aromatic rings. The molecule has 2 aromatic carbocycles. The van der Waals surface area contributed by atoms with Crippen LogP contribution in [0.5, 0.6) is 0 Å². The highest BCUT2D eigenvalue weighted by molar-refractivity contribution is 8.00. The number of aliphatic hydroxyl groups is 1. The van der Waals surface area contributed by atoms with E-state index in [0.29, 0.717) is 29.1 Å². The van der Waals surface area contributed by atoms with Crippen molar-refractivity contribution in [3.8, 4) is 0 Å². The molecular formula is C21H18ClF6NO2S. The summed E-state index contributed by atoms with van der Waals surface area (Å²) >= 11 is 6.92. The van der Waals surface area contributed by atoms with E-state index < -0.39 is 23.5 Å². The van der Waals surface area contributed by atoms with Crippen LogP contribution in [-0.2, 0) is 16.8 Å². The molecule has 3 nitrogen and oxygen atoms in total. The summed E-state index contributed by atoms with van der Waals surface area (Å²) in [6.45, 7) is 2.05. The van der Waals surface area contributed by atoms with Crippen LogP contribution in [-0.4, -0.2) is 35.2 Å². The molecule has 1 aliphatic rings. The van der Waals surface area contributed by atoms with Crippen LogP contribution in [0.2, 0.25) is 5.02 Å². The first kappa shape index (κ1) is 24.7. The molecule has 0 saturated heterocycles. The van der Waals surface area contributed by atoms with Crippen LogP contribution in [0.15, 0.2) is 47.4 Å². The van der Waals surface area contributed by atoms with E-state index in [9.17, 15) is 36.2 Å². The van der Waals surface area contributed by atoms with Crippen LogP contribution >= 0.6 is 23.4 Å². The Kier molecular flexibility index (Phi) is 6.80. The van der Waals surface area contributed by atoms with Gasteiger partial charge in [-0.2, -0.15) is 26.3 Å². The van der Waals surface area contributed by atoms with E-state index in [2.05, 4.69) is 0 Å². The van der Waals surface area contributed by atoms with E-state index in [1.54, 1.807) is 31.2 Å². The van der Waals surface area contributed by atoms with Crippen molar-refractivity contribution in [2.75, 3.05) is 11.4 Å². The molecule has 0 spiro atoms. The molecule has 1 amide bonds. The molecule has 0 aliphatic carbocycles. The minimum absolute atomic E-state index is 0.0193. The molecule has 1 unspecified atom stereocenters. The quantitative estimate of drug-likeness (QED) is 0.518. The predicted molar refractivity (Wildman–Crippen MR) is 110 cm³/mol. The lowest BCUT2D eigenvalue weighted by atomic mass is 9.92. The first-order chi connectivity index (χ1) is 14.8. The lowest BCUT2D eigenvalue weighted by molar-refractivity contribution is -0.376. The molecular weight excluding hydrogens is 480 g/mol. The van der Waals surface area contributed by atoms with Crippen molar-refractivity contribution in [1.29, 1.82) is 0 Å². The molecule has 1 N–H and O–H groups in total. The summed E-state index contributed by atoms with van der Waals surface area (Å²) in [7, 11) is 0. The van der Waals surface area contributed by atoms with Crippen molar-refractivity contribution in [3.63, 3.8) is 0 Å². The Bertz CT molecular complexity index is 979. The molecule has 0 bridgehead atoms. The number of amides is 1. The van der Waals surface area contributed by atoms with Crippen LogP contribution < -0.4 is 4.90 Å². The van der Waals surface area contributed by atoms with Gasteiger partial charge in [-0.05, 0) is 36.2 Å². The van der Waals surface area contributed by atoms with Gasteiger partial charge in [0.1, 0.15) is 0 Å². The minimum atomic E-state index is -5.98. The van der Waals surface area contributed by atoms with Crippen LogP contribution in [0, 0.1) is 0 Å². The highest BCUT2D eigenvalue weighted by Gasteiger charge is 2.71. The topological polar surface area (TPSA) is 40.5 Å². The van der Waals surface area contributed by atoms with Gasteiger partial charge in [0.15, 0.2) is 0 Å². The van der Waals surface area contributed by atoms with Gasteiger partial charge >= 0.3 is 12.4 Å². The number of carbonyl (C=O) groups excluding carboxylic acids is 1. The van der Waals surface area contributed by atoms with Crippen molar-refractivity contribution in [3.05, 3.63) is 58.6 Å². The van der Waals surface area contributed by atoms with Crippen molar-refractivity contribution in [1.82, 2.24) is 0 Å². The standard InChI is InChI=1S/C21H18ClF6NO2S/c1-2-15-11-29(18(30)9-12-3-6-14(22)7-4-12)16-8-5-13(10-17(16)32-15)19(31,20(23,24)25)21(26,27)28/h3-8,10,15,31H,2,9,11H2,1H3. The van der Waals surface area contributed by atoms with Crippen LogP contribution in [0.3, 0.4) is 0 Å². The third-order valence-electron chi connectivity index (χ3n) is 5.19. The molecule has 32 heavy (non-hydrogen) atoms. The predicted octanol–water partition coefficient (Wildman–Crippen LogP) is 6.11. The average Bonchev–Trinajstić information content (AvgIpc) is 2.71. The summed E-state index contributed by atoms with van der Waals surface area (Å²) in [5.74, 6) is -0.359. The number of thioether (sulfide) groups is 1. The van der Waals surface area contributed by atoms with Crippen molar-refractivity contribution >= 4 is 35.0 Å². The zero-order valence-electron chi connectivity index (χ0n) is 16.6. The number of carbonyl (C=O) groups is 1. The smallest absolute Gasteiger partial charge is 0.369 e. The number of fused-ring (bicyclic) bond motifs is 1. The summed E-state index contributed by atoms with van der Waals surface area (Å²) in [6, 6.07) is 8.80. The van der Waals surface area contributed by atoms with Gasteiger partial charge in [-0.1, -0.05) is 36.7 Å². The summed E-state index contributed by atoms with van der Waals surface area (Å²) < 4.78 is 79.7. The van der Waals surface area contributed by atoms with Gasteiger partial charge in [0.05, 0.1) is 12.1 Å². The summed E-state index contributed by atoms with van der Waals surface area (Å²) in [6.07, 6.45) is -11.4. The maximum Gasteiger partial charge on any atom is 0.430 e. The second kappa shape index (κ2) is 8.79. The van der Waals surface area contributed by atoms with Gasteiger partial charge in [-0.3, -0.25) is 4.79 Å². The summed E-state index contributed by atoms with van der Waals surface area (Å²) in [5.41, 5.74) is -5.50. The molecule has 1 heterocycles. The first-order valence-electron chi connectivity index (χ1n) is 9.49. The van der Waals surface area contributed by atoms with E-state index >= 15 is 0 Å². The van der Waals surface area contributed by atoms with Gasteiger partial charge in [0.2, 0.25) is 5.91 Å². The molecule has 3 rings (SSSR count). The van der Waals surface area contributed by atoms with Crippen molar-refractivity contribution in [2.24, 2.45) is 0 Å². The number of hydrogen-bond acceptors (Lipinski definition) is 3. The Labute approximate surface area is 189 Å². The van der Waals surface area contributed by atoms with Crippen LogP contribution in [0.4, 0.5) is 32.0 Å². The Balaban J connectivity index is 2.01. The SMILES string of the molecule is CCC1CN(C(=O)Cc2ccc(Cl)cc2)c2ccc(C(O)(C(F)(F)F)C(F)(F)F)cc2S1. The fourth-order valence-corrected chi connectivity index (χ4v) is 4.75. The van der Waals surface area contributed by atoms with Crippen LogP contribution in [0.25, 0.3) is 0 Å². The number of hydrogen-bond donors (Lipinski definition) is 1. The second-order valence-corrected chi connectivity index (χ2v) is 9.12. The zero-order chi connectivity index (χ0) is 23.9. The van der Waals surface area contributed by atoms with Crippen LogP contribution in [0.1, 0.15) is 24.5 Å². The maximum atomic E-state index is 13.3. The van der Waals surface area contributed by atoms with E-state index in [0.717, 1.165) is 17.8 Å². The number of rotatable bonds is 4. The average molecular weight is 498 g/mol. The van der Waals surface area contributed by atoms with Gasteiger partial charge in [0, 0.05) is 27.3 Å². The Morgan fingerprint density at radius 2 is 1.69 bits per heavy atom. The third kappa shape index (κ3) is 4.58. The highest BCUT2D eigenvalue weighted by atomic mass is 35.5. The van der Waals surface area contributed by atoms with Gasteiger partial charge in [-0.15, -0.1) is 11.8 Å². The fraction of sp³-hybridized carbons (Fsp3) is 0.381. The zero-order valence-corrected chi connectivity index (χ0v) is 18.2. The Hall–Kier alpha value is -1.91. The second-order valence-electron chi connectivity index (χ2n) is 7.34. The lowest BCUT2D eigenvalue weighted by Gasteiger charge is -2.36. The minimum Gasteiger partial charge on any atom is -0.369 e. The maximum absolute atomic E-state index is 13.3. The monoisotopic (exact) mass is 497 g/mol. The Morgan fingerprint density at radius 3 is 2.22 bits per heavy atom.